The van der Waals surface area contributed by atoms with Crippen molar-refractivity contribution >= 4 is 11.8 Å². The average Bonchev–Trinajstić information content (AvgIpc) is 2.31. The first-order valence-corrected chi connectivity index (χ1v) is 4.73. The average molecular weight is 217 g/mol. The standard InChI is InChI=1S/C11H11N3O2/c1-2-16-11(15)9(7-12)8-14-10-5-3-4-6-13-10/h3-6,8H,2H2,1H3,(H,13,14)/b9-8+. The number of hydrogen-bond donors (Lipinski definition) is 1. The van der Waals surface area contributed by atoms with E-state index in [1.54, 1.807) is 37.4 Å². The molecule has 0 aliphatic carbocycles. The minimum absolute atomic E-state index is 0.0903. The lowest BCUT2D eigenvalue weighted by Gasteiger charge is -2.01. The molecular weight excluding hydrogens is 206 g/mol. The Labute approximate surface area is 93.4 Å². The fourth-order valence-corrected chi connectivity index (χ4v) is 0.940. The molecule has 0 amide bonds. The number of carbonyl (C=O) groups excluding carboxylic acids is 1. The smallest absolute Gasteiger partial charge is 0.350 e. The molecule has 82 valence electrons. The third kappa shape index (κ3) is 3.42. The highest BCUT2D eigenvalue weighted by molar-refractivity contribution is 5.93. The fraction of sp³-hybridized carbons (Fsp3) is 0.182. The van der Waals surface area contributed by atoms with Crippen LogP contribution in [0.1, 0.15) is 6.92 Å². The molecule has 0 unspecified atom stereocenters. The van der Waals surface area contributed by atoms with Crippen molar-refractivity contribution in [3.8, 4) is 6.07 Å². The molecule has 5 heteroatoms. The Bertz CT molecular complexity index is 421. The summed E-state index contributed by atoms with van der Waals surface area (Å²) in [7, 11) is 0. The van der Waals surface area contributed by atoms with E-state index in [-0.39, 0.29) is 12.2 Å². The molecule has 0 atom stereocenters. The Balaban J connectivity index is 2.68. The number of anilines is 1. The van der Waals surface area contributed by atoms with E-state index in [1.807, 2.05) is 0 Å². The van der Waals surface area contributed by atoms with Crippen molar-refractivity contribution in [2.24, 2.45) is 0 Å². The summed E-state index contributed by atoms with van der Waals surface area (Å²) in [6, 6.07) is 7.03. The number of hydrogen-bond acceptors (Lipinski definition) is 5. The molecule has 1 N–H and O–H groups in total. The van der Waals surface area contributed by atoms with Crippen LogP contribution in [0, 0.1) is 11.3 Å². The molecular formula is C11H11N3O2. The molecule has 1 rings (SSSR count). The molecule has 0 radical (unpaired) electrons. The number of nitrogens with zero attached hydrogens (tertiary/aromatic N) is 2. The third-order valence-electron chi connectivity index (χ3n) is 1.65. The first-order valence-electron chi connectivity index (χ1n) is 4.73. The van der Waals surface area contributed by atoms with Crippen LogP contribution < -0.4 is 5.32 Å². The number of ether oxygens (including phenoxy) is 1. The number of rotatable bonds is 4. The summed E-state index contributed by atoms with van der Waals surface area (Å²) >= 11 is 0. The molecule has 1 aromatic heterocycles. The van der Waals surface area contributed by atoms with Crippen LogP contribution in [0.5, 0.6) is 0 Å². The predicted octanol–water partition coefficient (Wildman–Crippen LogP) is 1.46. The lowest BCUT2D eigenvalue weighted by atomic mass is 10.3. The molecule has 16 heavy (non-hydrogen) atoms. The summed E-state index contributed by atoms with van der Waals surface area (Å²) in [5.41, 5.74) is -0.0903. The monoisotopic (exact) mass is 217 g/mol. The van der Waals surface area contributed by atoms with Gasteiger partial charge in [-0.2, -0.15) is 5.26 Å². The van der Waals surface area contributed by atoms with Gasteiger partial charge in [0.05, 0.1) is 6.61 Å². The Morgan fingerprint density at radius 2 is 2.50 bits per heavy atom. The molecule has 0 aliphatic heterocycles. The SMILES string of the molecule is CCOC(=O)/C(C#N)=C/Nc1ccccn1. The van der Waals surface area contributed by atoms with E-state index in [0.717, 1.165) is 0 Å². The molecule has 1 aromatic rings. The highest BCUT2D eigenvalue weighted by Gasteiger charge is 2.08. The normalized spacial score (nSPS) is 10.4. The van der Waals surface area contributed by atoms with Crippen LogP contribution in [0.4, 0.5) is 5.82 Å². The van der Waals surface area contributed by atoms with E-state index in [2.05, 4.69) is 10.3 Å². The summed E-state index contributed by atoms with van der Waals surface area (Å²) < 4.78 is 4.69. The number of nitrogens with one attached hydrogen (secondary N) is 1. The zero-order valence-electron chi connectivity index (χ0n) is 8.80. The van der Waals surface area contributed by atoms with Crippen molar-refractivity contribution in [1.82, 2.24) is 4.98 Å². The molecule has 0 spiro atoms. The van der Waals surface area contributed by atoms with E-state index in [4.69, 9.17) is 10.00 Å². The van der Waals surface area contributed by atoms with E-state index in [1.165, 1.54) is 6.20 Å². The summed E-state index contributed by atoms with van der Waals surface area (Å²) in [6.07, 6.45) is 2.88. The molecule has 1 heterocycles. The van der Waals surface area contributed by atoms with Gasteiger partial charge in [0.2, 0.25) is 0 Å². The maximum absolute atomic E-state index is 11.2. The number of carbonyl (C=O) groups is 1. The molecule has 5 nitrogen and oxygen atoms in total. The Morgan fingerprint density at radius 3 is 3.06 bits per heavy atom. The van der Waals surface area contributed by atoms with Gasteiger partial charge in [0.25, 0.3) is 0 Å². The van der Waals surface area contributed by atoms with Crippen LogP contribution in [0.2, 0.25) is 0 Å². The minimum Gasteiger partial charge on any atom is -0.462 e. The summed E-state index contributed by atoms with van der Waals surface area (Å²) in [6.45, 7) is 1.92. The molecule has 0 saturated heterocycles. The van der Waals surface area contributed by atoms with Crippen molar-refractivity contribution in [3.05, 3.63) is 36.2 Å². The highest BCUT2D eigenvalue weighted by Crippen LogP contribution is 2.02. The van der Waals surface area contributed by atoms with Gasteiger partial charge in [-0.1, -0.05) is 6.07 Å². The highest BCUT2D eigenvalue weighted by atomic mass is 16.5. The van der Waals surface area contributed by atoms with Gasteiger partial charge in [-0.05, 0) is 19.1 Å². The van der Waals surface area contributed by atoms with Crippen molar-refractivity contribution in [3.63, 3.8) is 0 Å². The second-order valence-corrected chi connectivity index (χ2v) is 2.75. The van der Waals surface area contributed by atoms with Gasteiger partial charge in [-0.25, -0.2) is 9.78 Å². The van der Waals surface area contributed by atoms with Crippen LogP contribution in [-0.4, -0.2) is 17.6 Å². The Kier molecular flexibility index (Phi) is 4.54. The van der Waals surface area contributed by atoms with Gasteiger partial charge in [0, 0.05) is 12.4 Å². The van der Waals surface area contributed by atoms with E-state index < -0.39 is 5.97 Å². The van der Waals surface area contributed by atoms with Crippen LogP contribution in [0.25, 0.3) is 0 Å². The topological polar surface area (TPSA) is 75.0 Å². The Morgan fingerprint density at radius 1 is 1.69 bits per heavy atom. The van der Waals surface area contributed by atoms with Gasteiger partial charge in [-0.15, -0.1) is 0 Å². The zero-order chi connectivity index (χ0) is 11.8. The number of esters is 1. The second-order valence-electron chi connectivity index (χ2n) is 2.75. The number of aromatic nitrogens is 1. The van der Waals surface area contributed by atoms with Crippen LogP contribution >= 0.6 is 0 Å². The van der Waals surface area contributed by atoms with Gasteiger partial charge in [-0.3, -0.25) is 0 Å². The first kappa shape index (κ1) is 11.7. The summed E-state index contributed by atoms with van der Waals surface area (Å²) in [5.74, 6) is -0.0898. The molecule has 0 bridgehead atoms. The van der Waals surface area contributed by atoms with Crippen molar-refractivity contribution in [2.75, 3.05) is 11.9 Å². The molecule has 0 fully saturated rings. The van der Waals surface area contributed by atoms with Crippen molar-refractivity contribution < 1.29 is 9.53 Å². The van der Waals surface area contributed by atoms with Crippen LogP contribution in [-0.2, 0) is 9.53 Å². The molecule has 0 aliphatic rings. The number of nitriles is 1. The van der Waals surface area contributed by atoms with E-state index in [9.17, 15) is 4.79 Å². The largest absolute Gasteiger partial charge is 0.462 e. The van der Waals surface area contributed by atoms with Crippen molar-refractivity contribution in [1.29, 1.82) is 5.26 Å². The van der Waals surface area contributed by atoms with Gasteiger partial charge in [0.1, 0.15) is 11.9 Å². The molecule has 0 aromatic carbocycles. The lowest BCUT2D eigenvalue weighted by molar-refractivity contribution is -0.138. The minimum atomic E-state index is -0.645. The fourth-order valence-electron chi connectivity index (χ4n) is 0.940. The van der Waals surface area contributed by atoms with Crippen LogP contribution in [0.15, 0.2) is 36.2 Å². The second kappa shape index (κ2) is 6.19. The first-order chi connectivity index (χ1) is 7.77. The van der Waals surface area contributed by atoms with Gasteiger partial charge in [0.15, 0.2) is 5.57 Å². The van der Waals surface area contributed by atoms with Gasteiger partial charge < -0.3 is 10.1 Å². The maximum atomic E-state index is 11.2. The van der Waals surface area contributed by atoms with E-state index >= 15 is 0 Å². The van der Waals surface area contributed by atoms with Crippen LogP contribution in [0.3, 0.4) is 0 Å². The predicted molar refractivity (Wildman–Crippen MR) is 58.2 cm³/mol. The summed E-state index contributed by atoms with van der Waals surface area (Å²) in [5, 5.41) is 11.5. The van der Waals surface area contributed by atoms with E-state index in [0.29, 0.717) is 5.82 Å². The zero-order valence-corrected chi connectivity index (χ0v) is 8.80. The third-order valence-corrected chi connectivity index (χ3v) is 1.65. The molecule has 0 saturated carbocycles. The maximum Gasteiger partial charge on any atom is 0.350 e. The number of pyridine rings is 1. The van der Waals surface area contributed by atoms with Gasteiger partial charge >= 0.3 is 5.97 Å². The summed E-state index contributed by atoms with van der Waals surface area (Å²) in [4.78, 5) is 15.2. The van der Waals surface area contributed by atoms with Crippen molar-refractivity contribution in [2.45, 2.75) is 6.92 Å². The quantitative estimate of drug-likeness (QED) is 0.469. The lowest BCUT2D eigenvalue weighted by Crippen LogP contribution is -2.08. The Hall–Kier alpha value is -2.35.